The van der Waals surface area contributed by atoms with Gasteiger partial charge in [-0.25, -0.2) is 9.79 Å². The molecule has 0 bridgehead atoms. The minimum Gasteiger partial charge on any atom is -0.497 e. The van der Waals surface area contributed by atoms with Gasteiger partial charge in [-0.15, -0.1) is 0 Å². The first-order valence-electron chi connectivity index (χ1n) is 3.07. The molecule has 10 heavy (non-hydrogen) atoms. The van der Waals surface area contributed by atoms with E-state index in [1.165, 1.54) is 7.11 Å². The Morgan fingerprint density at radius 3 is 3.00 bits per heavy atom. The minimum atomic E-state index is -0.468. The van der Waals surface area contributed by atoms with Gasteiger partial charge in [0.15, 0.2) is 11.9 Å². The molecular formula is C6H9NO3. The van der Waals surface area contributed by atoms with Crippen LogP contribution in [0, 0.1) is 0 Å². The number of carbonyl (C=O) groups excluding carboxylic acids is 1. The van der Waals surface area contributed by atoms with Crippen LogP contribution in [0.15, 0.2) is 4.99 Å². The molecule has 1 N–H and O–H groups in total. The molecule has 0 aliphatic carbocycles. The summed E-state index contributed by atoms with van der Waals surface area (Å²) >= 11 is 0. The number of aliphatic imine (C=N–C) groups is 1. The highest BCUT2D eigenvalue weighted by molar-refractivity contribution is 5.85. The van der Waals surface area contributed by atoms with Crippen LogP contribution >= 0.6 is 0 Å². The number of esters is 1. The Morgan fingerprint density at radius 2 is 2.60 bits per heavy atom. The largest absolute Gasteiger partial charge is 0.497 e. The van der Waals surface area contributed by atoms with Crippen molar-refractivity contribution in [1.82, 2.24) is 0 Å². The molecule has 56 valence electrons. The van der Waals surface area contributed by atoms with E-state index in [-0.39, 0.29) is 11.9 Å². The van der Waals surface area contributed by atoms with E-state index in [4.69, 9.17) is 5.11 Å². The molecule has 0 aromatic heterocycles. The van der Waals surface area contributed by atoms with Crippen LogP contribution in [-0.2, 0) is 9.53 Å². The van der Waals surface area contributed by atoms with Gasteiger partial charge in [0.25, 0.3) is 0 Å². The van der Waals surface area contributed by atoms with Gasteiger partial charge in [-0.3, -0.25) is 0 Å². The Bertz CT molecular complexity index is 176. The van der Waals surface area contributed by atoms with Gasteiger partial charge in [-0.1, -0.05) is 0 Å². The van der Waals surface area contributed by atoms with Crippen molar-refractivity contribution >= 4 is 11.9 Å². The third-order valence-corrected chi connectivity index (χ3v) is 1.42. The van der Waals surface area contributed by atoms with Crippen LogP contribution in [0.25, 0.3) is 0 Å². The Hall–Kier alpha value is -1.06. The fraction of sp³-hybridized carbons (Fsp3) is 0.667. The molecule has 0 saturated heterocycles. The Labute approximate surface area is 58.5 Å². The maximum Gasteiger partial charge on any atom is 0.330 e. The molecule has 0 saturated carbocycles. The number of hydrogen-bond acceptors (Lipinski definition) is 3. The van der Waals surface area contributed by atoms with E-state index in [0.717, 1.165) is 0 Å². The number of ether oxygens (including phenoxy) is 1. The minimum absolute atomic E-state index is 0.0513. The van der Waals surface area contributed by atoms with Gasteiger partial charge in [0.1, 0.15) is 0 Å². The second-order valence-electron chi connectivity index (χ2n) is 2.12. The van der Waals surface area contributed by atoms with Gasteiger partial charge in [-0.05, 0) is 6.42 Å². The highest BCUT2D eigenvalue weighted by atomic mass is 16.5. The first-order chi connectivity index (χ1) is 4.74. The number of methoxy groups -OCH3 is 1. The summed E-state index contributed by atoms with van der Waals surface area (Å²) in [6, 6.07) is -0.468. The van der Waals surface area contributed by atoms with E-state index in [1.807, 2.05) is 0 Å². The van der Waals surface area contributed by atoms with Crippen molar-refractivity contribution in [2.75, 3.05) is 7.11 Å². The van der Waals surface area contributed by atoms with Gasteiger partial charge >= 0.3 is 5.97 Å². The summed E-state index contributed by atoms with van der Waals surface area (Å²) < 4.78 is 4.43. The first kappa shape index (κ1) is 7.05. The van der Waals surface area contributed by atoms with Crippen molar-refractivity contribution in [2.24, 2.45) is 4.99 Å². The normalized spacial score (nSPS) is 24.1. The summed E-state index contributed by atoms with van der Waals surface area (Å²) in [7, 11) is 1.31. The van der Waals surface area contributed by atoms with E-state index in [1.54, 1.807) is 0 Å². The Kier molecular flexibility index (Phi) is 1.89. The molecule has 0 fully saturated rings. The first-order valence-corrected chi connectivity index (χ1v) is 3.07. The molecule has 1 heterocycles. The van der Waals surface area contributed by atoms with E-state index in [2.05, 4.69) is 9.73 Å². The number of aliphatic hydroxyl groups is 1. The van der Waals surface area contributed by atoms with E-state index < -0.39 is 6.04 Å². The predicted octanol–water partition coefficient (Wildman–Crippen LogP) is 0.278. The average Bonchev–Trinajstić information content (AvgIpc) is 2.34. The quantitative estimate of drug-likeness (QED) is 0.536. The summed E-state index contributed by atoms with van der Waals surface area (Å²) in [4.78, 5) is 14.4. The molecule has 0 aromatic carbocycles. The molecule has 1 atom stereocenters. The molecule has 1 aliphatic heterocycles. The second kappa shape index (κ2) is 2.68. The number of nitrogens with zero attached hydrogens (tertiary/aromatic N) is 1. The average molecular weight is 143 g/mol. The molecular weight excluding hydrogens is 134 g/mol. The van der Waals surface area contributed by atoms with E-state index in [0.29, 0.717) is 12.8 Å². The fourth-order valence-corrected chi connectivity index (χ4v) is 0.881. The number of aliphatic hydroxyl groups excluding tert-OH is 1. The highest BCUT2D eigenvalue weighted by Crippen LogP contribution is 2.12. The smallest absolute Gasteiger partial charge is 0.330 e. The van der Waals surface area contributed by atoms with Crippen molar-refractivity contribution in [2.45, 2.75) is 18.9 Å². The third kappa shape index (κ3) is 1.26. The van der Waals surface area contributed by atoms with Gasteiger partial charge in [0, 0.05) is 6.42 Å². The molecule has 1 rings (SSSR count). The highest BCUT2D eigenvalue weighted by Gasteiger charge is 2.24. The van der Waals surface area contributed by atoms with Crippen molar-refractivity contribution < 1.29 is 14.6 Å². The Morgan fingerprint density at radius 1 is 1.90 bits per heavy atom. The van der Waals surface area contributed by atoms with Crippen LogP contribution < -0.4 is 0 Å². The maximum atomic E-state index is 10.7. The molecule has 0 radical (unpaired) electrons. The van der Waals surface area contributed by atoms with Crippen LogP contribution in [-0.4, -0.2) is 30.1 Å². The van der Waals surface area contributed by atoms with Crippen LogP contribution in [0.5, 0.6) is 0 Å². The van der Waals surface area contributed by atoms with Crippen molar-refractivity contribution in [3.8, 4) is 0 Å². The molecule has 1 aliphatic rings. The fourth-order valence-electron chi connectivity index (χ4n) is 0.881. The monoisotopic (exact) mass is 143 g/mol. The Balaban J connectivity index is 2.52. The van der Waals surface area contributed by atoms with E-state index in [9.17, 15) is 4.79 Å². The summed E-state index contributed by atoms with van der Waals surface area (Å²) in [6.45, 7) is 0. The molecule has 4 heteroatoms. The molecule has 0 amide bonds. The maximum absolute atomic E-state index is 10.7. The van der Waals surface area contributed by atoms with Crippen LogP contribution in [0.4, 0.5) is 0 Å². The lowest BCUT2D eigenvalue weighted by Gasteiger charge is -2.00. The lowest BCUT2D eigenvalue weighted by Crippen LogP contribution is -2.16. The van der Waals surface area contributed by atoms with Gasteiger partial charge < -0.3 is 9.84 Å². The lowest BCUT2D eigenvalue weighted by molar-refractivity contribution is -0.141. The van der Waals surface area contributed by atoms with Crippen molar-refractivity contribution in [3.05, 3.63) is 0 Å². The standard InChI is InChI=1S/C6H9NO3/c1-10-6(9)4-2-3-5(8)7-4/h4H,2-3H2,1H3,(H,7,8)/t4-/m1/s1. The second-order valence-corrected chi connectivity index (χ2v) is 2.12. The topological polar surface area (TPSA) is 58.9 Å². The SMILES string of the molecule is COC(=O)[C@H]1CCC(O)=N1. The van der Waals surface area contributed by atoms with Gasteiger partial charge in [0.05, 0.1) is 7.11 Å². The summed E-state index contributed by atoms with van der Waals surface area (Å²) in [5.74, 6) is -0.320. The summed E-state index contributed by atoms with van der Waals surface area (Å²) in [5.41, 5.74) is 0. The lowest BCUT2D eigenvalue weighted by atomic mass is 10.2. The van der Waals surface area contributed by atoms with Crippen molar-refractivity contribution in [3.63, 3.8) is 0 Å². The zero-order valence-electron chi connectivity index (χ0n) is 5.70. The summed E-state index contributed by atoms with van der Waals surface area (Å²) in [6.07, 6.45) is 1.05. The number of carbonyl (C=O) groups is 1. The number of hydrogen-bond donors (Lipinski definition) is 1. The third-order valence-electron chi connectivity index (χ3n) is 1.42. The summed E-state index contributed by atoms with van der Waals surface area (Å²) in [5, 5.41) is 8.79. The zero-order chi connectivity index (χ0) is 7.56. The van der Waals surface area contributed by atoms with E-state index >= 15 is 0 Å². The predicted molar refractivity (Wildman–Crippen MR) is 35.1 cm³/mol. The van der Waals surface area contributed by atoms with Crippen LogP contribution in [0.3, 0.4) is 0 Å². The molecule has 0 aromatic rings. The van der Waals surface area contributed by atoms with Crippen LogP contribution in [0.1, 0.15) is 12.8 Å². The molecule has 4 nitrogen and oxygen atoms in total. The molecule has 0 spiro atoms. The number of rotatable bonds is 1. The van der Waals surface area contributed by atoms with Gasteiger partial charge in [0.2, 0.25) is 0 Å². The van der Waals surface area contributed by atoms with Crippen LogP contribution in [0.2, 0.25) is 0 Å². The van der Waals surface area contributed by atoms with Gasteiger partial charge in [-0.2, -0.15) is 0 Å². The molecule has 0 unspecified atom stereocenters. The van der Waals surface area contributed by atoms with Crippen molar-refractivity contribution in [1.29, 1.82) is 0 Å². The zero-order valence-corrected chi connectivity index (χ0v) is 5.70.